The van der Waals surface area contributed by atoms with Gasteiger partial charge >= 0.3 is 6.36 Å². The number of hydrogen-bond acceptors (Lipinski definition) is 6. The first-order chi connectivity index (χ1) is 17.5. The van der Waals surface area contributed by atoms with Gasteiger partial charge in [-0.2, -0.15) is 0 Å². The zero-order valence-electron chi connectivity index (χ0n) is 20.1. The highest BCUT2D eigenvalue weighted by molar-refractivity contribution is 6.51. The van der Waals surface area contributed by atoms with Gasteiger partial charge < -0.3 is 14.6 Å². The lowest BCUT2D eigenvalue weighted by atomic mass is 9.93. The summed E-state index contributed by atoms with van der Waals surface area (Å²) in [5, 5.41) is 11.3. The fraction of sp³-hybridized carbons (Fsp3) is 0.222. The molecule has 0 aliphatic carbocycles. The number of halogens is 3. The Kier molecular flexibility index (Phi) is 6.93. The molecule has 1 aliphatic rings. The van der Waals surface area contributed by atoms with Gasteiger partial charge in [0.05, 0.1) is 18.7 Å². The van der Waals surface area contributed by atoms with Crippen LogP contribution in [0.2, 0.25) is 0 Å². The molecule has 1 saturated heterocycles. The van der Waals surface area contributed by atoms with Gasteiger partial charge in [-0.15, -0.1) is 13.2 Å². The van der Waals surface area contributed by atoms with E-state index in [1.54, 1.807) is 30.3 Å². The maximum absolute atomic E-state index is 13.3. The molecule has 1 amide bonds. The third-order valence-electron chi connectivity index (χ3n) is 5.94. The van der Waals surface area contributed by atoms with E-state index in [1.807, 2.05) is 13.8 Å². The second-order valence-corrected chi connectivity index (χ2v) is 8.60. The molecule has 0 spiro atoms. The van der Waals surface area contributed by atoms with Crippen LogP contribution in [0.25, 0.3) is 5.76 Å². The van der Waals surface area contributed by atoms with Crippen LogP contribution >= 0.6 is 0 Å². The minimum atomic E-state index is -4.88. The lowest BCUT2D eigenvalue weighted by molar-refractivity contribution is -0.274. The molecule has 192 valence electrons. The minimum absolute atomic E-state index is 0.0403. The second-order valence-electron chi connectivity index (χ2n) is 8.60. The summed E-state index contributed by atoms with van der Waals surface area (Å²) < 4.78 is 47.1. The van der Waals surface area contributed by atoms with Gasteiger partial charge in [0.1, 0.15) is 17.3 Å². The monoisotopic (exact) mass is 512 g/mol. The van der Waals surface area contributed by atoms with E-state index in [4.69, 9.17) is 4.74 Å². The Labute approximate surface area is 210 Å². The fourth-order valence-electron chi connectivity index (χ4n) is 4.26. The van der Waals surface area contributed by atoms with Crippen molar-refractivity contribution in [2.45, 2.75) is 32.2 Å². The molecule has 2 heterocycles. The van der Waals surface area contributed by atoms with Crippen molar-refractivity contribution in [2.75, 3.05) is 12.0 Å². The molecule has 1 aliphatic heterocycles. The highest BCUT2D eigenvalue weighted by atomic mass is 19.4. The van der Waals surface area contributed by atoms with Crippen LogP contribution < -0.4 is 14.4 Å². The van der Waals surface area contributed by atoms with Crippen molar-refractivity contribution < 1.29 is 37.3 Å². The first kappa shape index (κ1) is 25.7. The first-order valence-corrected chi connectivity index (χ1v) is 11.3. The highest BCUT2D eigenvalue weighted by Gasteiger charge is 2.47. The molecular formula is C27H23F3N2O5. The molecule has 0 bridgehead atoms. The summed E-state index contributed by atoms with van der Waals surface area (Å²) >= 11 is 0. The Balaban J connectivity index is 1.86. The summed E-state index contributed by atoms with van der Waals surface area (Å²) in [6, 6.07) is 11.6. The van der Waals surface area contributed by atoms with Crippen molar-refractivity contribution in [2.24, 2.45) is 0 Å². The molecule has 1 aromatic heterocycles. The number of nitrogens with zero attached hydrogens (tertiary/aromatic N) is 2. The molecule has 2 aromatic carbocycles. The molecule has 1 N–H and O–H groups in total. The van der Waals surface area contributed by atoms with Gasteiger partial charge in [-0.1, -0.05) is 13.8 Å². The molecule has 10 heteroatoms. The van der Waals surface area contributed by atoms with Gasteiger partial charge in [0.15, 0.2) is 0 Å². The Bertz CT molecular complexity index is 1350. The van der Waals surface area contributed by atoms with E-state index in [0.717, 1.165) is 22.6 Å². The predicted molar refractivity (Wildman–Crippen MR) is 129 cm³/mol. The maximum atomic E-state index is 13.3. The van der Waals surface area contributed by atoms with E-state index in [1.165, 1.54) is 31.6 Å². The van der Waals surface area contributed by atoms with Crippen LogP contribution in [0.4, 0.5) is 18.9 Å². The maximum Gasteiger partial charge on any atom is 0.573 e. The predicted octanol–water partition coefficient (Wildman–Crippen LogP) is 5.74. The summed E-state index contributed by atoms with van der Waals surface area (Å²) in [6.45, 7) is 3.90. The molecule has 1 fully saturated rings. The number of pyridine rings is 1. The van der Waals surface area contributed by atoms with Crippen molar-refractivity contribution in [3.8, 4) is 11.5 Å². The summed E-state index contributed by atoms with van der Waals surface area (Å²) in [5.41, 5.74) is 1.57. The number of methoxy groups -OCH3 is 1. The van der Waals surface area contributed by atoms with E-state index in [-0.39, 0.29) is 22.9 Å². The zero-order valence-corrected chi connectivity index (χ0v) is 20.1. The van der Waals surface area contributed by atoms with Gasteiger partial charge in [-0.25, -0.2) is 0 Å². The lowest BCUT2D eigenvalue weighted by Crippen LogP contribution is -2.29. The van der Waals surface area contributed by atoms with Crippen LogP contribution in [0.5, 0.6) is 11.5 Å². The number of rotatable bonds is 6. The van der Waals surface area contributed by atoms with Gasteiger partial charge in [0.2, 0.25) is 0 Å². The Hall–Kier alpha value is -4.34. The first-order valence-electron chi connectivity index (χ1n) is 11.3. The summed E-state index contributed by atoms with van der Waals surface area (Å²) in [4.78, 5) is 31.6. The molecule has 37 heavy (non-hydrogen) atoms. The number of ether oxygens (including phenoxy) is 2. The van der Waals surface area contributed by atoms with Gasteiger partial charge in [-0.05, 0) is 71.6 Å². The van der Waals surface area contributed by atoms with Gasteiger partial charge in [-0.3, -0.25) is 19.5 Å². The smallest absolute Gasteiger partial charge is 0.507 e. The second kappa shape index (κ2) is 9.96. The largest absolute Gasteiger partial charge is 0.573 e. The van der Waals surface area contributed by atoms with Crippen LogP contribution in [0, 0.1) is 0 Å². The van der Waals surface area contributed by atoms with Crippen LogP contribution in [0.3, 0.4) is 0 Å². The molecular weight excluding hydrogens is 489 g/mol. The Morgan fingerprint density at radius 3 is 2.24 bits per heavy atom. The van der Waals surface area contributed by atoms with Crippen molar-refractivity contribution in [3.63, 3.8) is 0 Å². The van der Waals surface area contributed by atoms with Crippen LogP contribution in [-0.4, -0.2) is 35.3 Å². The number of carbonyl (C=O) groups is 2. The standard InChI is InChI=1S/C27H23F3N2O5/c1-15(2)20-14-17(4-9-21(20)36-3)24(33)22-23(16-10-12-31-13-11-16)32(26(35)25(22)34)18-5-7-19(8-6-18)37-27(28,29)30/h4-15,23,33H,1-3H3/b24-22-. The number of hydrogen-bond donors (Lipinski definition) is 1. The van der Waals surface area contributed by atoms with Crippen LogP contribution in [0.1, 0.15) is 42.5 Å². The zero-order chi connectivity index (χ0) is 26.9. The number of benzene rings is 2. The molecule has 4 rings (SSSR count). The van der Waals surface area contributed by atoms with Crippen molar-refractivity contribution in [3.05, 3.63) is 89.3 Å². The topological polar surface area (TPSA) is 89.0 Å². The number of ketones is 1. The van der Waals surface area contributed by atoms with E-state index >= 15 is 0 Å². The fourth-order valence-corrected chi connectivity index (χ4v) is 4.26. The number of aliphatic hydroxyl groups is 1. The van der Waals surface area contributed by atoms with Crippen LogP contribution in [-0.2, 0) is 9.59 Å². The quantitative estimate of drug-likeness (QED) is 0.258. The number of aliphatic hydroxyl groups excluding tert-OH is 1. The average Bonchev–Trinajstić information content (AvgIpc) is 3.13. The van der Waals surface area contributed by atoms with Crippen LogP contribution in [0.15, 0.2) is 72.6 Å². The SMILES string of the molecule is COc1ccc(/C(O)=C2/C(=O)C(=O)N(c3ccc(OC(F)(F)F)cc3)C2c2ccncc2)cc1C(C)C. The molecule has 7 nitrogen and oxygen atoms in total. The van der Waals surface area contributed by atoms with Crippen molar-refractivity contribution in [1.29, 1.82) is 0 Å². The minimum Gasteiger partial charge on any atom is -0.507 e. The van der Waals surface area contributed by atoms with E-state index in [2.05, 4.69) is 9.72 Å². The molecule has 1 atom stereocenters. The van der Waals surface area contributed by atoms with Gasteiger partial charge in [0.25, 0.3) is 11.7 Å². The molecule has 1 unspecified atom stereocenters. The summed E-state index contributed by atoms with van der Waals surface area (Å²) in [7, 11) is 1.53. The summed E-state index contributed by atoms with van der Waals surface area (Å²) in [6.07, 6.45) is -1.94. The number of amides is 1. The highest BCUT2D eigenvalue weighted by Crippen LogP contribution is 2.43. The number of alkyl halides is 3. The number of carbonyl (C=O) groups excluding carboxylic acids is 2. The molecule has 3 aromatic rings. The average molecular weight is 512 g/mol. The van der Waals surface area contributed by atoms with E-state index in [9.17, 15) is 27.9 Å². The van der Waals surface area contributed by atoms with Crippen molar-refractivity contribution in [1.82, 2.24) is 4.98 Å². The molecule has 0 saturated carbocycles. The normalized spacial score (nSPS) is 17.4. The number of Topliss-reactive ketones (excluding diaryl/α,β-unsaturated/α-hetero) is 1. The summed E-state index contributed by atoms with van der Waals surface area (Å²) in [5.74, 6) is -2.09. The third-order valence-corrected chi connectivity index (χ3v) is 5.94. The number of anilines is 1. The third kappa shape index (κ3) is 5.13. The lowest BCUT2D eigenvalue weighted by Gasteiger charge is -2.25. The Morgan fingerprint density at radius 2 is 1.68 bits per heavy atom. The van der Waals surface area contributed by atoms with E-state index in [0.29, 0.717) is 16.9 Å². The molecule has 0 radical (unpaired) electrons. The number of aromatic nitrogens is 1. The Morgan fingerprint density at radius 1 is 1.03 bits per heavy atom. The van der Waals surface area contributed by atoms with Crippen molar-refractivity contribution >= 4 is 23.1 Å². The van der Waals surface area contributed by atoms with E-state index < -0.39 is 29.8 Å². The van der Waals surface area contributed by atoms with Gasteiger partial charge in [0, 0.05) is 23.6 Å².